The van der Waals surface area contributed by atoms with E-state index in [2.05, 4.69) is 15.9 Å². The van der Waals surface area contributed by atoms with Crippen molar-refractivity contribution in [1.29, 1.82) is 0 Å². The molecule has 1 aliphatic rings. The number of benzene rings is 2. The second-order valence-corrected chi connectivity index (χ2v) is 8.43. The third-order valence-electron chi connectivity index (χ3n) is 5.23. The van der Waals surface area contributed by atoms with Crippen LogP contribution < -0.4 is 4.74 Å². The number of aliphatic hydroxyl groups excluding tert-OH is 1. The van der Waals surface area contributed by atoms with E-state index in [1.807, 2.05) is 56.3 Å². The van der Waals surface area contributed by atoms with Crippen molar-refractivity contribution in [3.63, 3.8) is 0 Å². The Labute approximate surface area is 173 Å². The molecule has 0 saturated carbocycles. The van der Waals surface area contributed by atoms with Crippen molar-refractivity contribution < 1.29 is 19.4 Å². The zero-order chi connectivity index (χ0) is 20.5. The summed E-state index contributed by atoms with van der Waals surface area (Å²) in [5, 5.41) is 10.4. The highest BCUT2D eigenvalue weighted by molar-refractivity contribution is 9.10. The molecule has 2 aromatic carbocycles. The van der Waals surface area contributed by atoms with Gasteiger partial charge in [0.1, 0.15) is 18.5 Å². The highest BCUT2D eigenvalue weighted by Gasteiger charge is 2.49. The van der Waals surface area contributed by atoms with Crippen LogP contribution in [0.2, 0.25) is 0 Å². The molecule has 1 N–H and O–H groups in total. The predicted molar refractivity (Wildman–Crippen MR) is 110 cm³/mol. The minimum absolute atomic E-state index is 0.0117. The van der Waals surface area contributed by atoms with Gasteiger partial charge < -0.3 is 9.84 Å². The van der Waals surface area contributed by atoms with Gasteiger partial charge in [-0.2, -0.15) is 0 Å². The van der Waals surface area contributed by atoms with Gasteiger partial charge >= 0.3 is 0 Å². The number of hydrogen-bond acceptors (Lipinski definition) is 4. The Morgan fingerprint density at radius 3 is 2.36 bits per heavy atom. The Morgan fingerprint density at radius 2 is 1.75 bits per heavy atom. The number of ether oxygens (including phenoxy) is 1. The molecule has 3 rings (SSSR count). The monoisotopic (exact) mass is 445 g/mol. The number of likely N-dealkylation sites (tertiary alicyclic amines) is 1. The lowest BCUT2D eigenvalue weighted by molar-refractivity contribution is -0.141. The average molecular weight is 446 g/mol. The maximum absolute atomic E-state index is 13.0. The summed E-state index contributed by atoms with van der Waals surface area (Å²) >= 11 is 3.38. The number of hydrogen-bond donors (Lipinski definition) is 1. The summed E-state index contributed by atoms with van der Waals surface area (Å²) in [6.07, 6.45) is -0.864. The zero-order valence-electron chi connectivity index (χ0n) is 16.2. The summed E-state index contributed by atoms with van der Waals surface area (Å²) in [4.78, 5) is 26.6. The van der Waals surface area contributed by atoms with E-state index in [1.54, 1.807) is 6.92 Å². The van der Waals surface area contributed by atoms with E-state index in [1.165, 1.54) is 0 Å². The van der Waals surface area contributed by atoms with E-state index < -0.39 is 11.5 Å². The van der Waals surface area contributed by atoms with Crippen LogP contribution in [0.1, 0.15) is 30.0 Å². The minimum atomic E-state index is -0.959. The van der Waals surface area contributed by atoms with Crippen molar-refractivity contribution in [1.82, 2.24) is 4.90 Å². The summed E-state index contributed by atoms with van der Waals surface area (Å²) < 4.78 is 6.67. The summed E-state index contributed by atoms with van der Waals surface area (Å²) in [5.74, 6) is 0.160. The molecule has 6 heteroatoms. The predicted octanol–water partition coefficient (Wildman–Crippen LogP) is 3.52. The number of carbonyl (C=O) groups is 2. The summed E-state index contributed by atoms with van der Waals surface area (Å²) in [5.41, 5.74) is 1.83. The van der Waals surface area contributed by atoms with Gasteiger partial charge in [-0.05, 0) is 49.6 Å². The molecule has 1 aliphatic heterocycles. The first-order valence-corrected chi connectivity index (χ1v) is 9.99. The van der Waals surface area contributed by atoms with Gasteiger partial charge in [-0.1, -0.05) is 46.3 Å². The highest BCUT2D eigenvalue weighted by Crippen LogP contribution is 2.36. The molecule has 0 bridgehead atoms. The molecule has 0 radical (unpaired) electrons. The van der Waals surface area contributed by atoms with Crippen molar-refractivity contribution in [3.05, 3.63) is 63.6 Å². The number of para-hydroxylation sites is 1. The number of amides is 2. The van der Waals surface area contributed by atoms with Gasteiger partial charge in [-0.3, -0.25) is 14.5 Å². The quantitative estimate of drug-likeness (QED) is 0.690. The Balaban J connectivity index is 1.68. The van der Waals surface area contributed by atoms with Crippen molar-refractivity contribution in [2.75, 3.05) is 13.2 Å². The maximum atomic E-state index is 13.0. The molecule has 28 heavy (non-hydrogen) atoms. The molecular weight excluding hydrogens is 422 g/mol. The fourth-order valence-corrected chi connectivity index (χ4v) is 3.85. The van der Waals surface area contributed by atoms with Crippen LogP contribution in [0, 0.1) is 13.8 Å². The normalized spacial score (nSPS) is 20.5. The van der Waals surface area contributed by atoms with E-state index in [4.69, 9.17) is 4.74 Å². The number of carbonyl (C=O) groups excluding carboxylic acids is 2. The second-order valence-electron chi connectivity index (χ2n) is 7.51. The van der Waals surface area contributed by atoms with Crippen LogP contribution >= 0.6 is 15.9 Å². The number of imide groups is 1. The minimum Gasteiger partial charge on any atom is -0.490 e. The Kier molecular flexibility index (Phi) is 5.91. The fourth-order valence-electron chi connectivity index (χ4n) is 3.58. The first-order valence-electron chi connectivity index (χ1n) is 9.20. The van der Waals surface area contributed by atoms with Crippen LogP contribution in [0.15, 0.2) is 46.9 Å². The molecule has 2 atom stereocenters. The van der Waals surface area contributed by atoms with Crippen LogP contribution in [0.3, 0.4) is 0 Å². The third kappa shape index (κ3) is 3.98. The maximum Gasteiger partial charge on any atom is 0.240 e. The molecule has 5 nitrogen and oxygen atoms in total. The topological polar surface area (TPSA) is 66.8 Å². The Hall–Kier alpha value is -2.18. The summed E-state index contributed by atoms with van der Waals surface area (Å²) in [6, 6.07) is 13.2. The highest BCUT2D eigenvalue weighted by atomic mass is 79.9. The lowest BCUT2D eigenvalue weighted by Crippen LogP contribution is -2.42. The molecule has 1 fully saturated rings. The van der Waals surface area contributed by atoms with Crippen LogP contribution in [0.4, 0.5) is 0 Å². The van der Waals surface area contributed by atoms with Crippen molar-refractivity contribution in [2.45, 2.75) is 38.7 Å². The zero-order valence-corrected chi connectivity index (χ0v) is 17.8. The summed E-state index contributed by atoms with van der Waals surface area (Å²) in [6.45, 7) is 5.58. The van der Waals surface area contributed by atoms with Gasteiger partial charge in [0.05, 0.1) is 12.0 Å². The standard InChI is InChI=1S/C22H24BrNO4/c1-14-5-4-6-15(2)20(14)28-13-18(25)12-24-19(26)11-22(3,21(24)27)16-7-9-17(23)10-8-16/h4-10,18,25H,11-13H2,1-3H3. The number of rotatable bonds is 6. The van der Waals surface area contributed by atoms with Crippen molar-refractivity contribution >= 4 is 27.7 Å². The molecule has 0 aliphatic carbocycles. The largest absolute Gasteiger partial charge is 0.490 e. The van der Waals surface area contributed by atoms with Crippen molar-refractivity contribution in [3.8, 4) is 5.75 Å². The molecule has 0 aromatic heterocycles. The fraction of sp³-hybridized carbons (Fsp3) is 0.364. The lowest BCUT2D eigenvalue weighted by Gasteiger charge is -2.24. The summed E-state index contributed by atoms with van der Waals surface area (Å²) in [7, 11) is 0. The van der Waals surface area contributed by atoms with Gasteiger partial charge in [0.25, 0.3) is 0 Å². The molecule has 2 aromatic rings. The van der Waals surface area contributed by atoms with E-state index in [0.29, 0.717) is 0 Å². The lowest BCUT2D eigenvalue weighted by atomic mass is 9.81. The van der Waals surface area contributed by atoms with Crippen LogP contribution in [0.5, 0.6) is 5.75 Å². The van der Waals surface area contributed by atoms with Gasteiger partial charge in [0.15, 0.2) is 0 Å². The van der Waals surface area contributed by atoms with E-state index in [9.17, 15) is 14.7 Å². The van der Waals surface area contributed by atoms with E-state index in [0.717, 1.165) is 31.8 Å². The molecule has 1 heterocycles. The molecule has 2 amide bonds. The van der Waals surface area contributed by atoms with Gasteiger partial charge in [0.2, 0.25) is 11.8 Å². The third-order valence-corrected chi connectivity index (χ3v) is 5.76. The van der Waals surface area contributed by atoms with Gasteiger partial charge in [-0.25, -0.2) is 0 Å². The molecule has 0 spiro atoms. The number of halogens is 1. The van der Waals surface area contributed by atoms with Crippen molar-refractivity contribution in [2.24, 2.45) is 0 Å². The SMILES string of the molecule is Cc1cccc(C)c1OCC(O)CN1C(=O)CC(C)(c2ccc(Br)cc2)C1=O. The Bertz CT molecular complexity index is 876. The molecular formula is C22H24BrNO4. The van der Waals surface area contributed by atoms with E-state index in [-0.39, 0.29) is 31.4 Å². The number of aryl methyl sites for hydroxylation is 2. The Morgan fingerprint density at radius 1 is 1.14 bits per heavy atom. The molecule has 1 saturated heterocycles. The second kappa shape index (κ2) is 8.05. The van der Waals surface area contributed by atoms with Crippen LogP contribution in [-0.4, -0.2) is 41.1 Å². The smallest absolute Gasteiger partial charge is 0.240 e. The van der Waals surface area contributed by atoms with Crippen LogP contribution in [0.25, 0.3) is 0 Å². The number of aliphatic hydroxyl groups is 1. The van der Waals surface area contributed by atoms with Gasteiger partial charge in [-0.15, -0.1) is 0 Å². The first-order chi connectivity index (χ1) is 13.2. The first kappa shape index (κ1) is 20.6. The number of β-amino-alcohol motifs (C(OH)–C–C–N with tert-alkyl or cyclic N) is 1. The average Bonchev–Trinajstić information content (AvgIpc) is 2.86. The van der Waals surface area contributed by atoms with Crippen LogP contribution in [-0.2, 0) is 15.0 Å². The van der Waals surface area contributed by atoms with Gasteiger partial charge in [0, 0.05) is 10.9 Å². The molecule has 2 unspecified atom stereocenters. The van der Waals surface area contributed by atoms with E-state index >= 15 is 0 Å². The molecule has 148 valence electrons. The number of nitrogens with zero attached hydrogens (tertiary/aromatic N) is 1.